The van der Waals surface area contributed by atoms with Gasteiger partial charge in [0.15, 0.2) is 0 Å². The molecule has 2 N–H and O–H groups in total. The highest BCUT2D eigenvalue weighted by Crippen LogP contribution is 2.29. The minimum Gasteiger partial charge on any atom is -0.329 e. The summed E-state index contributed by atoms with van der Waals surface area (Å²) in [6.07, 6.45) is 3.47. The van der Waals surface area contributed by atoms with E-state index in [0.717, 1.165) is 24.4 Å². The molecule has 0 amide bonds. The first-order chi connectivity index (χ1) is 10.0. The van der Waals surface area contributed by atoms with Gasteiger partial charge in [-0.15, -0.1) is 0 Å². The molecule has 1 heterocycles. The highest BCUT2D eigenvalue weighted by atomic mass is 35.5. The van der Waals surface area contributed by atoms with Crippen molar-refractivity contribution >= 4 is 17.3 Å². The summed E-state index contributed by atoms with van der Waals surface area (Å²) in [5.41, 5.74) is 6.79. The minimum atomic E-state index is -0.435. The third-order valence-electron chi connectivity index (χ3n) is 4.39. The number of piperidine rings is 1. The summed E-state index contributed by atoms with van der Waals surface area (Å²) in [5.74, 6) is 0.745. The molecule has 2 atom stereocenters. The summed E-state index contributed by atoms with van der Waals surface area (Å²) >= 11 is 5.85. The van der Waals surface area contributed by atoms with Gasteiger partial charge in [-0.1, -0.05) is 31.0 Å². The summed E-state index contributed by atoms with van der Waals surface area (Å²) in [5, 5.41) is 11.1. The summed E-state index contributed by atoms with van der Waals surface area (Å²) in [4.78, 5) is 12.9. The van der Waals surface area contributed by atoms with Crippen molar-refractivity contribution < 1.29 is 4.92 Å². The normalized spacial score (nSPS) is 23.2. The highest BCUT2D eigenvalue weighted by molar-refractivity contribution is 6.32. The molecule has 1 aromatic rings. The fourth-order valence-corrected chi connectivity index (χ4v) is 3.22. The van der Waals surface area contributed by atoms with E-state index in [2.05, 4.69) is 11.8 Å². The van der Waals surface area contributed by atoms with E-state index in [-0.39, 0.29) is 10.7 Å². The molecule has 21 heavy (non-hydrogen) atoms. The summed E-state index contributed by atoms with van der Waals surface area (Å²) in [7, 11) is 0. The second-order valence-electron chi connectivity index (χ2n) is 5.70. The average Bonchev–Trinajstić information content (AvgIpc) is 2.49. The standard InChI is InChI=1S/C15H22ClN3O2/c1-2-11-5-6-18(13(7-11)9-17)10-12-3-4-14(16)15(8-12)19(20)21/h3-4,8,11,13H,2,5-7,9-10,17H2,1H3. The Bertz CT molecular complexity index is 510. The van der Waals surface area contributed by atoms with E-state index in [0.29, 0.717) is 19.1 Å². The number of nitro groups is 1. The Labute approximate surface area is 130 Å². The van der Waals surface area contributed by atoms with Gasteiger partial charge in [0.1, 0.15) is 5.02 Å². The molecule has 0 spiro atoms. The number of rotatable bonds is 5. The summed E-state index contributed by atoms with van der Waals surface area (Å²) < 4.78 is 0. The molecule has 2 unspecified atom stereocenters. The quantitative estimate of drug-likeness (QED) is 0.669. The molecule has 0 aromatic heterocycles. The van der Waals surface area contributed by atoms with Gasteiger partial charge in [-0.25, -0.2) is 0 Å². The van der Waals surface area contributed by atoms with Crippen LogP contribution in [0.15, 0.2) is 18.2 Å². The first-order valence-corrected chi connectivity index (χ1v) is 7.79. The van der Waals surface area contributed by atoms with Crippen LogP contribution in [0.3, 0.4) is 0 Å². The summed E-state index contributed by atoms with van der Waals surface area (Å²) in [6.45, 7) is 4.54. The van der Waals surface area contributed by atoms with Gasteiger partial charge >= 0.3 is 0 Å². The van der Waals surface area contributed by atoms with Crippen LogP contribution in [-0.2, 0) is 6.54 Å². The van der Waals surface area contributed by atoms with Gasteiger partial charge in [0.05, 0.1) is 4.92 Å². The second kappa shape index (κ2) is 7.20. The maximum atomic E-state index is 11.0. The molecular weight excluding hydrogens is 290 g/mol. The Hall–Kier alpha value is -1.17. The van der Waals surface area contributed by atoms with Gasteiger partial charge in [-0.3, -0.25) is 15.0 Å². The predicted octanol–water partition coefficient (Wildman–Crippen LogP) is 3.20. The van der Waals surface area contributed by atoms with Crippen molar-refractivity contribution in [1.29, 1.82) is 0 Å². The topological polar surface area (TPSA) is 72.4 Å². The molecule has 116 valence electrons. The molecule has 2 rings (SSSR count). The Kier molecular flexibility index (Phi) is 5.56. The van der Waals surface area contributed by atoms with Crippen LogP contribution >= 0.6 is 11.6 Å². The van der Waals surface area contributed by atoms with E-state index < -0.39 is 4.92 Å². The minimum absolute atomic E-state index is 0.0260. The molecule has 1 saturated heterocycles. The van der Waals surface area contributed by atoms with E-state index >= 15 is 0 Å². The fraction of sp³-hybridized carbons (Fsp3) is 0.600. The van der Waals surface area contributed by atoms with Crippen molar-refractivity contribution in [2.45, 2.75) is 38.8 Å². The molecule has 1 fully saturated rings. The zero-order valence-electron chi connectivity index (χ0n) is 12.3. The van der Waals surface area contributed by atoms with Gasteiger partial charge in [0, 0.05) is 25.2 Å². The van der Waals surface area contributed by atoms with Crippen LogP contribution in [0.4, 0.5) is 5.69 Å². The number of halogens is 1. The van der Waals surface area contributed by atoms with E-state index in [1.165, 1.54) is 12.8 Å². The van der Waals surface area contributed by atoms with Crippen LogP contribution in [0.5, 0.6) is 0 Å². The van der Waals surface area contributed by atoms with Gasteiger partial charge < -0.3 is 5.73 Å². The van der Waals surface area contributed by atoms with Crippen molar-refractivity contribution in [2.24, 2.45) is 11.7 Å². The maximum Gasteiger partial charge on any atom is 0.288 e. The van der Waals surface area contributed by atoms with Gasteiger partial charge in [0.2, 0.25) is 0 Å². The number of hydrogen-bond donors (Lipinski definition) is 1. The van der Waals surface area contributed by atoms with Gasteiger partial charge in [0.25, 0.3) is 5.69 Å². The molecule has 1 aromatic carbocycles. The first kappa shape index (κ1) is 16.2. The fourth-order valence-electron chi connectivity index (χ4n) is 3.04. The number of nitrogens with zero attached hydrogens (tertiary/aromatic N) is 2. The lowest BCUT2D eigenvalue weighted by Gasteiger charge is -2.38. The number of likely N-dealkylation sites (tertiary alicyclic amines) is 1. The lowest BCUT2D eigenvalue weighted by molar-refractivity contribution is -0.384. The van der Waals surface area contributed by atoms with Gasteiger partial charge in [-0.05, 0) is 36.9 Å². The van der Waals surface area contributed by atoms with E-state index in [4.69, 9.17) is 17.3 Å². The lowest BCUT2D eigenvalue weighted by atomic mass is 9.88. The number of nitrogens with two attached hydrogens (primary N) is 1. The molecule has 1 aliphatic rings. The van der Waals surface area contributed by atoms with Crippen LogP contribution in [-0.4, -0.2) is 29.0 Å². The lowest BCUT2D eigenvalue weighted by Crippen LogP contribution is -2.46. The zero-order valence-corrected chi connectivity index (χ0v) is 13.1. The van der Waals surface area contributed by atoms with Crippen molar-refractivity contribution in [1.82, 2.24) is 4.90 Å². The van der Waals surface area contributed by atoms with Crippen molar-refractivity contribution in [3.05, 3.63) is 38.9 Å². The molecule has 1 aliphatic heterocycles. The first-order valence-electron chi connectivity index (χ1n) is 7.42. The molecular formula is C15H22ClN3O2. The molecule has 6 heteroatoms. The molecule has 0 aliphatic carbocycles. The van der Waals surface area contributed by atoms with Crippen LogP contribution < -0.4 is 5.73 Å². The third-order valence-corrected chi connectivity index (χ3v) is 4.71. The van der Waals surface area contributed by atoms with Crippen LogP contribution in [0, 0.1) is 16.0 Å². The number of hydrogen-bond acceptors (Lipinski definition) is 4. The molecule has 0 bridgehead atoms. The Morgan fingerprint density at radius 3 is 2.90 bits per heavy atom. The predicted molar refractivity (Wildman–Crippen MR) is 84.4 cm³/mol. The molecule has 0 radical (unpaired) electrons. The molecule has 5 nitrogen and oxygen atoms in total. The van der Waals surface area contributed by atoms with E-state index in [9.17, 15) is 10.1 Å². The largest absolute Gasteiger partial charge is 0.329 e. The van der Waals surface area contributed by atoms with Crippen LogP contribution in [0.2, 0.25) is 5.02 Å². The van der Waals surface area contributed by atoms with Crippen molar-refractivity contribution in [3.63, 3.8) is 0 Å². The van der Waals surface area contributed by atoms with E-state index in [1.807, 2.05) is 6.07 Å². The smallest absolute Gasteiger partial charge is 0.288 e. The Balaban J connectivity index is 2.10. The van der Waals surface area contributed by atoms with Crippen LogP contribution in [0.1, 0.15) is 31.7 Å². The molecule has 0 saturated carbocycles. The monoisotopic (exact) mass is 311 g/mol. The Morgan fingerprint density at radius 2 is 2.29 bits per heavy atom. The van der Waals surface area contributed by atoms with Crippen molar-refractivity contribution in [2.75, 3.05) is 13.1 Å². The van der Waals surface area contributed by atoms with E-state index in [1.54, 1.807) is 12.1 Å². The number of benzene rings is 1. The summed E-state index contributed by atoms with van der Waals surface area (Å²) in [6, 6.07) is 5.39. The maximum absolute atomic E-state index is 11.0. The average molecular weight is 312 g/mol. The second-order valence-corrected chi connectivity index (χ2v) is 6.11. The van der Waals surface area contributed by atoms with Crippen molar-refractivity contribution in [3.8, 4) is 0 Å². The Morgan fingerprint density at radius 1 is 1.52 bits per heavy atom. The van der Waals surface area contributed by atoms with Crippen LogP contribution in [0.25, 0.3) is 0 Å². The van der Waals surface area contributed by atoms with Gasteiger partial charge in [-0.2, -0.15) is 0 Å². The highest BCUT2D eigenvalue weighted by Gasteiger charge is 2.27. The third kappa shape index (κ3) is 3.93. The zero-order chi connectivity index (χ0) is 15.4. The number of nitro benzene ring substituents is 1. The SMILES string of the molecule is CCC1CCN(Cc2ccc(Cl)c([N+](=O)[O-])c2)C(CN)C1.